The number of hydrogen-bond acceptors (Lipinski definition) is 5. The van der Waals surface area contributed by atoms with Crippen molar-refractivity contribution in [2.24, 2.45) is 0 Å². The van der Waals surface area contributed by atoms with E-state index < -0.39 is 21.7 Å². The minimum atomic E-state index is -3.67. The Morgan fingerprint density at radius 2 is 1.78 bits per heavy atom. The van der Waals surface area contributed by atoms with Crippen LogP contribution in [0.1, 0.15) is 38.7 Å². The Balaban J connectivity index is 1.84. The summed E-state index contributed by atoms with van der Waals surface area (Å²) in [4.78, 5) is 12.8. The van der Waals surface area contributed by atoms with Crippen molar-refractivity contribution in [2.75, 3.05) is 25.5 Å². The molecule has 0 aromatic heterocycles. The molecule has 0 bridgehead atoms. The molecule has 0 radical (unpaired) electrons. The first kappa shape index (κ1) is 24.0. The molecule has 0 unspecified atom stereocenters. The molecule has 2 aromatic carbocycles. The highest BCUT2D eigenvalue weighted by atomic mass is 32.2. The van der Waals surface area contributed by atoms with Gasteiger partial charge in [0.25, 0.3) is 0 Å². The number of hydrogen-bond donors (Lipinski definition) is 1. The molecule has 7 nitrogen and oxygen atoms in total. The molecular weight excluding hydrogens is 435 g/mol. The van der Waals surface area contributed by atoms with Crippen LogP contribution < -0.4 is 14.8 Å². The summed E-state index contributed by atoms with van der Waals surface area (Å²) in [5.74, 6) is -0.517. The average Bonchev–Trinajstić information content (AvgIpc) is 2.75. The predicted octanol–water partition coefficient (Wildman–Crippen LogP) is 3.98. The third kappa shape index (κ3) is 5.77. The van der Waals surface area contributed by atoms with Crippen molar-refractivity contribution in [1.82, 2.24) is 4.31 Å². The zero-order valence-electron chi connectivity index (χ0n) is 18.6. The molecule has 1 heterocycles. The minimum Gasteiger partial charge on any atom is -0.494 e. The van der Waals surface area contributed by atoms with E-state index in [9.17, 15) is 17.6 Å². The van der Waals surface area contributed by atoms with E-state index in [0.717, 1.165) is 19.3 Å². The number of carbonyl (C=O) groups is 1. The molecule has 0 spiro atoms. The van der Waals surface area contributed by atoms with Crippen molar-refractivity contribution in [1.29, 1.82) is 0 Å². The lowest BCUT2D eigenvalue weighted by atomic mass is 10.1. The first-order valence-electron chi connectivity index (χ1n) is 10.6. The minimum absolute atomic E-state index is 0.0921. The van der Waals surface area contributed by atoms with Crippen LogP contribution >= 0.6 is 0 Å². The fraction of sp³-hybridized carbons (Fsp3) is 0.435. The van der Waals surface area contributed by atoms with Crippen LogP contribution in [0, 0.1) is 5.82 Å². The van der Waals surface area contributed by atoms with Crippen LogP contribution in [0.2, 0.25) is 0 Å². The molecule has 1 amide bonds. The highest BCUT2D eigenvalue weighted by Gasteiger charge is 2.27. The maximum absolute atomic E-state index is 13.9. The van der Waals surface area contributed by atoms with Crippen molar-refractivity contribution in [3.8, 4) is 11.5 Å². The number of methoxy groups -OCH3 is 1. The predicted molar refractivity (Wildman–Crippen MR) is 120 cm³/mol. The maximum Gasteiger partial charge on any atom is 0.243 e. The van der Waals surface area contributed by atoms with E-state index in [1.807, 2.05) is 13.8 Å². The molecule has 1 aliphatic heterocycles. The molecule has 1 aliphatic rings. The molecule has 0 atom stereocenters. The lowest BCUT2D eigenvalue weighted by molar-refractivity contribution is -0.115. The Kier molecular flexibility index (Phi) is 7.73. The van der Waals surface area contributed by atoms with E-state index in [-0.39, 0.29) is 28.9 Å². The van der Waals surface area contributed by atoms with Crippen LogP contribution in [-0.2, 0) is 21.2 Å². The lowest BCUT2D eigenvalue weighted by Gasteiger charge is -2.26. The molecular formula is C23H29FN2O5S. The Morgan fingerprint density at radius 1 is 1.09 bits per heavy atom. The van der Waals surface area contributed by atoms with Gasteiger partial charge in [-0.2, -0.15) is 4.31 Å². The van der Waals surface area contributed by atoms with E-state index in [2.05, 4.69) is 5.32 Å². The van der Waals surface area contributed by atoms with Crippen LogP contribution in [0.25, 0.3) is 0 Å². The molecule has 1 fully saturated rings. The standard InChI is InChI=1S/C23H29FN2O5S/c1-16(2)31-22-10-8-18(32(28,29)26-11-5-4-6-12-26)15-20(22)25-23(27)14-17-7-9-21(30-3)19(24)13-17/h7-10,13,15-16H,4-6,11-12,14H2,1-3H3,(H,25,27). The van der Waals surface area contributed by atoms with E-state index in [0.29, 0.717) is 24.4 Å². The van der Waals surface area contributed by atoms with Gasteiger partial charge in [-0.3, -0.25) is 4.79 Å². The second-order valence-corrected chi connectivity index (χ2v) is 9.92. The number of sulfonamides is 1. The third-order valence-electron chi connectivity index (χ3n) is 5.12. The smallest absolute Gasteiger partial charge is 0.243 e. The zero-order valence-corrected chi connectivity index (χ0v) is 19.4. The number of nitrogens with one attached hydrogen (secondary N) is 1. The van der Waals surface area contributed by atoms with Crippen molar-refractivity contribution in [3.05, 3.63) is 47.8 Å². The number of benzene rings is 2. The summed E-state index contributed by atoms with van der Waals surface area (Å²) in [6.07, 6.45) is 2.41. The second kappa shape index (κ2) is 10.3. The van der Waals surface area contributed by atoms with E-state index in [1.54, 1.807) is 12.1 Å². The van der Waals surface area contributed by atoms with Gasteiger partial charge in [0.05, 0.1) is 30.2 Å². The van der Waals surface area contributed by atoms with Crippen LogP contribution in [0.15, 0.2) is 41.3 Å². The van der Waals surface area contributed by atoms with Crippen molar-refractivity contribution in [2.45, 2.75) is 50.5 Å². The molecule has 32 heavy (non-hydrogen) atoms. The quantitative estimate of drug-likeness (QED) is 0.639. The highest BCUT2D eigenvalue weighted by molar-refractivity contribution is 7.89. The van der Waals surface area contributed by atoms with Gasteiger partial charge in [0.15, 0.2) is 11.6 Å². The van der Waals surface area contributed by atoms with Gasteiger partial charge in [-0.25, -0.2) is 12.8 Å². The number of anilines is 1. The SMILES string of the molecule is COc1ccc(CC(=O)Nc2cc(S(=O)(=O)N3CCCCC3)ccc2OC(C)C)cc1F. The van der Waals surface area contributed by atoms with E-state index >= 15 is 0 Å². The summed E-state index contributed by atoms with van der Waals surface area (Å²) in [7, 11) is -2.31. The van der Waals surface area contributed by atoms with E-state index in [1.165, 1.54) is 35.7 Å². The molecule has 9 heteroatoms. The van der Waals surface area contributed by atoms with Crippen LogP contribution in [0.4, 0.5) is 10.1 Å². The lowest BCUT2D eigenvalue weighted by Crippen LogP contribution is -2.35. The van der Waals surface area contributed by atoms with Crippen molar-refractivity contribution in [3.63, 3.8) is 0 Å². The summed E-state index contributed by atoms with van der Waals surface area (Å²) < 4.78 is 52.2. The summed E-state index contributed by atoms with van der Waals surface area (Å²) in [5, 5.41) is 2.73. The average molecular weight is 465 g/mol. The molecule has 0 saturated carbocycles. The monoisotopic (exact) mass is 464 g/mol. The first-order chi connectivity index (χ1) is 15.2. The van der Waals surface area contributed by atoms with Gasteiger partial charge >= 0.3 is 0 Å². The van der Waals surface area contributed by atoms with Gasteiger partial charge in [-0.15, -0.1) is 0 Å². The molecule has 2 aromatic rings. The summed E-state index contributed by atoms with van der Waals surface area (Å²) in [5.41, 5.74) is 0.722. The van der Waals surface area contributed by atoms with Crippen molar-refractivity contribution < 1.29 is 27.1 Å². The van der Waals surface area contributed by atoms with Gasteiger partial charge in [0.2, 0.25) is 15.9 Å². The van der Waals surface area contributed by atoms with Gasteiger partial charge in [0.1, 0.15) is 5.75 Å². The fourth-order valence-corrected chi connectivity index (χ4v) is 5.12. The molecule has 0 aliphatic carbocycles. The normalized spacial score (nSPS) is 14.9. The number of halogens is 1. The Labute approximate surface area is 188 Å². The number of nitrogens with zero attached hydrogens (tertiary/aromatic N) is 1. The molecule has 3 rings (SSSR count). The van der Waals surface area contributed by atoms with Gasteiger partial charge < -0.3 is 14.8 Å². The van der Waals surface area contributed by atoms with Crippen LogP contribution in [0.5, 0.6) is 11.5 Å². The van der Waals surface area contributed by atoms with Crippen LogP contribution in [-0.4, -0.2) is 44.9 Å². The number of amides is 1. The Hall–Kier alpha value is -2.65. The number of carbonyl (C=O) groups excluding carboxylic acids is 1. The Bertz CT molecular complexity index is 1070. The summed E-state index contributed by atoms with van der Waals surface area (Å²) in [6.45, 7) is 4.64. The van der Waals surface area contributed by atoms with Gasteiger partial charge in [-0.1, -0.05) is 12.5 Å². The fourth-order valence-electron chi connectivity index (χ4n) is 3.58. The second-order valence-electron chi connectivity index (χ2n) is 7.98. The molecule has 174 valence electrons. The summed E-state index contributed by atoms with van der Waals surface area (Å²) >= 11 is 0. The number of piperidine rings is 1. The number of ether oxygens (including phenoxy) is 2. The largest absolute Gasteiger partial charge is 0.494 e. The molecule has 1 saturated heterocycles. The Morgan fingerprint density at radius 3 is 2.41 bits per heavy atom. The number of rotatable bonds is 8. The van der Waals surface area contributed by atoms with Gasteiger partial charge in [0, 0.05) is 13.1 Å². The third-order valence-corrected chi connectivity index (χ3v) is 7.02. The van der Waals surface area contributed by atoms with E-state index in [4.69, 9.17) is 9.47 Å². The molecule has 1 N–H and O–H groups in total. The van der Waals surface area contributed by atoms with Crippen LogP contribution in [0.3, 0.4) is 0 Å². The zero-order chi connectivity index (χ0) is 23.3. The maximum atomic E-state index is 13.9. The summed E-state index contributed by atoms with van der Waals surface area (Å²) in [6, 6.07) is 8.77. The van der Waals surface area contributed by atoms with Crippen molar-refractivity contribution >= 4 is 21.6 Å². The first-order valence-corrected chi connectivity index (χ1v) is 12.1. The topological polar surface area (TPSA) is 84.9 Å². The highest BCUT2D eigenvalue weighted by Crippen LogP contribution is 2.31. The van der Waals surface area contributed by atoms with Gasteiger partial charge in [-0.05, 0) is 62.6 Å².